The molecule has 1 heterocycles. The summed E-state index contributed by atoms with van der Waals surface area (Å²) in [6, 6.07) is 11.5. The predicted octanol–water partition coefficient (Wildman–Crippen LogP) is 3.93. The van der Waals surface area contributed by atoms with Crippen molar-refractivity contribution in [2.45, 2.75) is 36.4 Å². The number of carboxylic acid groups (broad SMARTS) is 1. The standard InChI is InChI=1S/C25H27F3N4O5S/c26-25(27,28)18-6-5-7-19(16-18)38(35,36)32-21(24(33)34)15-17-9-10-22(20(29)14-17)37-13-4-3-12-31-23-8-1-2-11-30-23/h1-2,5-11,14,16,21,32H,3-4,12-13,15,29H2,(H,30,31)(H,33,34)/t21-/m0/s1. The van der Waals surface area contributed by atoms with Crippen molar-refractivity contribution in [3.8, 4) is 5.75 Å². The lowest BCUT2D eigenvalue weighted by atomic mass is 10.1. The summed E-state index contributed by atoms with van der Waals surface area (Å²) >= 11 is 0. The lowest BCUT2D eigenvalue weighted by molar-refractivity contribution is -0.139. The van der Waals surface area contributed by atoms with Crippen molar-refractivity contribution in [2.75, 3.05) is 24.2 Å². The van der Waals surface area contributed by atoms with Gasteiger partial charge in [0.25, 0.3) is 0 Å². The van der Waals surface area contributed by atoms with Crippen LogP contribution in [0.25, 0.3) is 0 Å². The summed E-state index contributed by atoms with van der Waals surface area (Å²) in [5, 5.41) is 12.7. The molecular formula is C25H27F3N4O5S. The molecule has 5 N–H and O–H groups in total. The number of anilines is 2. The van der Waals surface area contributed by atoms with Crippen LogP contribution < -0.4 is 20.5 Å². The molecule has 1 aromatic heterocycles. The smallest absolute Gasteiger partial charge is 0.416 e. The van der Waals surface area contributed by atoms with Crippen molar-refractivity contribution in [1.29, 1.82) is 0 Å². The third-order valence-corrected chi connectivity index (χ3v) is 6.85. The molecule has 0 spiro atoms. The average Bonchev–Trinajstić information content (AvgIpc) is 2.87. The number of hydrogen-bond donors (Lipinski definition) is 4. The molecule has 0 amide bonds. The zero-order chi connectivity index (χ0) is 27.8. The molecule has 0 saturated carbocycles. The summed E-state index contributed by atoms with van der Waals surface area (Å²) in [5.41, 5.74) is 5.49. The molecule has 3 aromatic rings. The van der Waals surface area contributed by atoms with Crippen molar-refractivity contribution in [2.24, 2.45) is 0 Å². The first kappa shape index (κ1) is 28.7. The Morgan fingerprint density at radius 2 is 1.87 bits per heavy atom. The number of halogens is 3. The normalized spacial score (nSPS) is 12.6. The summed E-state index contributed by atoms with van der Waals surface area (Å²) in [6.07, 6.45) is -1.80. The number of ether oxygens (including phenoxy) is 1. The lowest BCUT2D eigenvalue weighted by Crippen LogP contribution is -2.42. The number of nitrogens with one attached hydrogen (secondary N) is 2. The Labute approximate surface area is 217 Å². The third-order valence-electron chi connectivity index (χ3n) is 5.38. The Bertz CT molecular complexity index is 1340. The number of nitrogen functional groups attached to an aromatic ring is 1. The van der Waals surface area contributed by atoms with Gasteiger partial charge in [0.1, 0.15) is 17.6 Å². The predicted molar refractivity (Wildman–Crippen MR) is 135 cm³/mol. The van der Waals surface area contributed by atoms with Crippen LogP contribution in [0.3, 0.4) is 0 Å². The van der Waals surface area contributed by atoms with Gasteiger partial charge < -0.3 is 20.9 Å². The lowest BCUT2D eigenvalue weighted by Gasteiger charge is -2.17. The summed E-state index contributed by atoms with van der Waals surface area (Å²) in [6.45, 7) is 1.10. The number of carboxylic acids is 1. The van der Waals surface area contributed by atoms with Crippen LogP contribution in [-0.2, 0) is 27.4 Å². The molecule has 0 unspecified atom stereocenters. The fourth-order valence-electron chi connectivity index (χ4n) is 3.46. The van der Waals surface area contributed by atoms with Gasteiger partial charge in [-0.2, -0.15) is 17.9 Å². The highest BCUT2D eigenvalue weighted by molar-refractivity contribution is 7.89. The van der Waals surface area contributed by atoms with E-state index in [1.54, 1.807) is 18.3 Å². The van der Waals surface area contributed by atoms with Gasteiger partial charge >= 0.3 is 12.1 Å². The average molecular weight is 553 g/mol. The number of pyridine rings is 1. The zero-order valence-corrected chi connectivity index (χ0v) is 20.9. The number of unbranched alkanes of at least 4 members (excludes halogenated alkanes) is 1. The van der Waals surface area contributed by atoms with Gasteiger partial charge in [-0.1, -0.05) is 18.2 Å². The van der Waals surface area contributed by atoms with E-state index in [1.165, 1.54) is 6.07 Å². The van der Waals surface area contributed by atoms with Gasteiger partial charge in [-0.15, -0.1) is 0 Å². The van der Waals surface area contributed by atoms with Gasteiger partial charge in [0, 0.05) is 12.7 Å². The number of carbonyl (C=O) groups is 1. The van der Waals surface area contributed by atoms with Crippen molar-refractivity contribution in [3.05, 3.63) is 78.0 Å². The fourth-order valence-corrected chi connectivity index (χ4v) is 4.69. The Balaban J connectivity index is 1.56. The van der Waals surface area contributed by atoms with Crippen molar-refractivity contribution in [1.82, 2.24) is 9.71 Å². The molecule has 1 atom stereocenters. The first-order chi connectivity index (χ1) is 18.0. The molecule has 2 aromatic carbocycles. The minimum absolute atomic E-state index is 0.235. The molecule has 13 heteroatoms. The van der Waals surface area contributed by atoms with E-state index in [1.807, 2.05) is 22.9 Å². The number of benzene rings is 2. The zero-order valence-electron chi connectivity index (χ0n) is 20.1. The van der Waals surface area contributed by atoms with Gasteiger partial charge in [-0.25, -0.2) is 13.4 Å². The second kappa shape index (κ2) is 12.6. The molecule has 0 aliphatic carbocycles. The van der Waals surface area contributed by atoms with Crippen molar-refractivity contribution in [3.63, 3.8) is 0 Å². The van der Waals surface area contributed by atoms with Crippen LogP contribution in [0, 0.1) is 0 Å². The SMILES string of the molecule is Nc1cc(C[C@H](NS(=O)(=O)c2cccc(C(F)(F)F)c2)C(=O)O)ccc1OCCCCNc1ccccn1. The van der Waals surface area contributed by atoms with Gasteiger partial charge in [0.15, 0.2) is 0 Å². The molecule has 38 heavy (non-hydrogen) atoms. The largest absolute Gasteiger partial charge is 0.491 e. The Hall–Kier alpha value is -3.84. The van der Waals surface area contributed by atoms with E-state index in [0.29, 0.717) is 30.5 Å². The second-order valence-corrected chi connectivity index (χ2v) is 10.0. The number of hydrogen-bond acceptors (Lipinski definition) is 7. The van der Waals surface area contributed by atoms with Gasteiger partial charge in [0.2, 0.25) is 10.0 Å². The molecule has 0 aliphatic rings. The highest BCUT2D eigenvalue weighted by atomic mass is 32.2. The summed E-state index contributed by atoms with van der Waals surface area (Å²) in [7, 11) is -4.56. The van der Waals surface area contributed by atoms with E-state index in [4.69, 9.17) is 10.5 Å². The minimum Gasteiger partial charge on any atom is -0.491 e. The quantitative estimate of drug-likeness (QED) is 0.185. The summed E-state index contributed by atoms with van der Waals surface area (Å²) in [5.74, 6) is -0.327. The number of nitrogens with zero attached hydrogens (tertiary/aromatic N) is 1. The first-order valence-electron chi connectivity index (χ1n) is 11.5. The van der Waals surface area contributed by atoms with E-state index in [-0.39, 0.29) is 12.1 Å². The first-order valence-corrected chi connectivity index (χ1v) is 13.0. The maximum atomic E-state index is 13.0. The number of sulfonamides is 1. The third kappa shape index (κ3) is 8.35. The number of aromatic nitrogens is 1. The van der Waals surface area contributed by atoms with E-state index >= 15 is 0 Å². The molecule has 0 saturated heterocycles. The molecule has 0 fully saturated rings. The van der Waals surface area contributed by atoms with Crippen LogP contribution in [0.4, 0.5) is 24.7 Å². The Morgan fingerprint density at radius 3 is 2.53 bits per heavy atom. The molecule has 0 radical (unpaired) electrons. The molecule has 9 nitrogen and oxygen atoms in total. The Kier molecular flexibility index (Phi) is 9.53. The second-order valence-electron chi connectivity index (χ2n) is 8.31. The van der Waals surface area contributed by atoms with Crippen LogP contribution >= 0.6 is 0 Å². The number of nitrogens with two attached hydrogens (primary N) is 1. The Morgan fingerprint density at radius 1 is 1.08 bits per heavy atom. The van der Waals surface area contributed by atoms with Crippen LogP contribution in [0.2, 0.25) is 0 Å². The van der Waals surface area contributed by atoms with E-state index in [2.05, 4.69) is 10.3 Å². The van der Waals surface area contributed by atoms with E-state index in [9.17, 15) is 31.5 Å². The molecule has 3 rings (SSSR count). The highest BCUT2D eigenvalue weighted by Crippen LogP contribution is 2.30. The molecule has 0 bridgehead atoms. The fraction of sp³-hybridized carbons (Fsp3) is 0.280. The van der Waals surface area contributed by atoms with E-state index in [0.717, 1.165) is 36.9 Å². The van der Waals surface area contributed by atoms with Gasteiger partial charge in [-0.3, -0.25) is 4.79 Å². The monoisotopic (exact) mass is 552 g/mol. The highest BCUT2D eigenvalue weighted by Gasteiger charge is 2.32. The number of rotatable bonds is 13. The number of alkyl halides is 3. The molecule has 0 aliphatic heterocycles. The van der Waals surface area contributed by atoms with Crippen molar-refractivity contribution >= 4 is 27.5 Å². The maximum absolute atomic E-state index is 13.0. The van der Waals surface area contributed by atoms with Crippen molar-refractivity contribution < 1.29 is 36.2 Å². The topological polar surface area (TPSA) is 144 Å². The van der Waals surface area contributed by atoms with Gasteiger partial charge in [0.05, 0.1) is 22.8 Å². The number of aliphatic carboxylic acids is 1. The minimum atomic E-state index is -4.75. The van der Waals surface area contributed by atoms with Crippen LogP contribution in [0.1, 0.15) is 24.0 Å². The maximum Gasteiger partial charge on any atom is 0.416 e. The van der Waals surface area contributed by atoms with Crippen LogP contribution in [0.15, 0.2) is 71.8 Å². The van der Waals surface area contributed by atoms with Crippen LogP contribution in [0.5, 0.6) is 5.75 Å². The molecule has 204 valence electrons. The van der Waals surface area contributed by atoms with Crippen LogP contribution in [-0.4, -0.2) is 43.7 Å². The molecular weight excluding hydrogens is 525 g/mol. The summed E-state index contributed by atoms with van der Waals surface area (Å²) < 4.78 is 71.8. The van der Waals surface area contributed by atoms with E-state index < -0.39 is 38.7 Å². The summed E-state index contributed by atoms with van der Waals surface area (Å²) in [4.78, 5) is 15.2. The van der Waals surface area contributed by atoms with Gasteiger partial charge in [-0.05, 0) is 67.3 Å².